The van der Waals surface area contributed by atoms with Crippen molar-refractivity contribution in [2.45, 2.75) is 52.1 Å². The van der Waals surface area contributed by atoms with Gasteiger partial charge in [0.25, 0.3) is 0 Å². The van der Waals surface area contributed by atoms with Crippen LogP contribution in [0, 0.1) is 6.92 Å². The van der Waals surface area contributed by atoms with Gasteiger partial charge in [-0.2, -0.15) is 0 Å². The number of rotatable bonds is 1. The lowest BCUT2D eigenvalue weighted by atomic mass is 9.90. The second-order valence-corrected chi connectivity index (χ2v) is 4.94. The first-order valence-corrected chi connectivity index (χ1v) is 5.10. The molecule has 4 heteroatoms. The lowest BCUT2D eigenvalue weighted by molar-refractivity contribution is -0.0901. The van der Waals surface area contributed by atoms with Gasteiger partial charge in [0.2, 0.25) is 0 Å². The number of nitrogens with zero attached hydrogens (tertiary/aromatic N) is 1. The molecule has 0 aromatic carbocycles. The third-order valence-corrected chi connectivity index (χ3v) is 3.29. The first-order valence-electron chi connectivity index (χ1n) is 5.10. The van der Waals surface area contributed by atoms with E-state index in [9.17, 15) is 0 Å². The van der Waals surface area contributed by atoms with Crippen LogP contribution in [0.1, 0.15) is 45.2 Å². The molecule has 0 aliphatic carbocycles. The van der Waals surface area contributed by atoms with E-state index >= 15 is 0 Å². The summed E-state index contributed by atoms with van der Waals surface area (Å²) in [7, 11) is 0. The van der Waals surface area contributed by atoms with Gasteiger partial charge in [0, 0.05) is 0 Å². The summed E-state index contributed by atoms with van der Waals surface area (Å²) in [5.74, 6) is 0. The maximum Gasteiger partial charge on any atom is 0.190 e. The molecule has 0 bridgehead atoms. The molecule has 2 heterocycles. The predicted octanol–water partition coefficient (Wildman–Crippen LogP) is 2.59. The maximum atomic E-state index is 5.87. The summed E-state index contributed by atoms with van der Waals surface area (Å²) in [5.41, 5.74) is 1.05. The molecule has 1 saturated heterocycles. The summed E-state index contributed by atoms with van der Waals surface area (Å²) in [6.07, 6.45) is 1.21. The van der Waals surface area contributed by atoms with Crippen LogP contribution in [0.2, 0.25) is 0 Å². The molecule has 0 atom stereocenters. The van der Waals surface area contributed by atoms with Crippen molar-refractivity contribution < 1.29 is 14.0 Å². The van der Waals surface area contributed by atoms with Crippen LogP contribution in [0.3, 0.4) is 0 Å². The van der Waals surface area contributed by atoms with E-state index in [2.05, 4.69) is 5.16 Å². The van der Waals surface area contributed by atoms with E-state index in [1.807, 2.05) is 34.6 Å². The molecule has 4 nitrogen and oxygen atoms in total. The van der Waals surface area contributed by atoms with Crippen LogP contribution in [-0.4, -0.2) is 16.4 Å². The molecule has 0 amide bonds. The molecule has 15 heavy (non-hydrogen) atoms. The van der Waals surface area contributed by atoms with Crippen molar-refractivity contribution in [3.05, 3.63) is 17.5 Å². The summed E-state index contributed by atoms with van der Waals surface area (Å²) < 4.78 is 16.6. The van der Waals surface area contributed by atoms with Crippen molar-refractivity contribution in [1.82, 2.24) is 5.16 Å². The summed E-state index contributed by atoms with van der Waals surface area (Å²) in [4.78, 5) is 0. The Morgan fingerprint density at radius 1 is 1.13 bits per heavy atom. The Labute approximate surface area is 89.5 Å². The zero-order valence-electron chi connectivity index (χ0n) is 9.83. The minimum Gasteiger partial charge on any atom is -0.364 e. The van der Waals surface area contributed by atoms with Gasteiger partial charge in [0.05, 0.1) is 22.5 Å². The standard InChI is InChI=1S/C11H17NO3/c1-7-8(6-13-12-7)9-14-10(2,3)11(4,5)15-9/h6,9H,1-5H3. The largest absolute Gasteiger partial charge is 0.364 e. The van der Waals surface area contributed by atoms with E-state index in [0.29, 0.717) is 0 Å². The summed E-state index contributed by atoms with van der Waals surface area (Å²) in [6, 6.07) is 0. The highest BCUT2D eigenvalue weighted by molar-refractivity contribution is 5.16. The molecule has 84 valence electrons. The van der Waals surface area contributed by atoms with Gasteiger partial charge in [-0.15, -0.1) is 0 Å². The molecule has 0 N–H and O–H groups in total. The van der Waals surface area contributed by atoms with Gasteiger partial charge < -0.3 is 14.0 Å². The summed E-state index contributed by atoms with van der Waals surface area (Å²) in [5, 5.41) is 3.82. The Balaban J connectivity index is 2.27. The smallest absolute Gasteiger partial charge is 0.190 e. The average molecular weight is 211 g/mol. The van der Waals surface area contributed by atoms with Crippen molar-refractivity contribution >= 4 is 0 Å². The normalized spacial score (nSPS) is 24.6. The lowest BCUT2D eigenvalue weighted by Gasteiger charge is -2.30. The molecular weight excluding hydrogens is 194 g/mol. The molecule has 1 fully saturated rings. The maximum absolute atomic E-state index is 5.87. The molecule has 1 aliphatic heterocycles. The van der Waals surface area contributed by atoms with E-state index < -0.39 is 0 Å². The van der Waals surface area contributed by atoms with Crippen LogP contribution in [0.25, 0.3) is 0 Å². The second-order valence-electron chi connectivity index (χ2n) is 4.94. The van der Waals surface area contributed by atoms with E-state index in [4.69, 9.17) is 14.0 Å². The highest BCUT2D eigenvalue weighted by atomic mass is 16.7. The van der Waals surface area contributed by atoms with Gasteiger partial charge in [-0.25, -0.2) is 0 Å². The summed E-state index contributed by atoms with van der Waals surface area (Å²) in [6.45, 7) is 9.97. The highest BCUT2D eigenvalue weighted by Crippen LogP contribution is 2.45. The minimum atomic E-state index is -0.374. The molecule has 1 aromatic heterocycles. The third-order valence-electron chi connectivity index (χ3n) is 3.29. The van der Waals surface area contributed by atoms with E-state index in [1.165, 1.54) is 0 Å². The topological polar surface area (TPSA) is 44.5 Å². The first kappa shape index (κ1) is 10.6. The Kier molecular flexibility index (Phi) is 2.17. The van der Waals surface area contributed by atoms with Gasteiger partial charge in [0.15, 0.2) is 6.29 Å². The van der Waals surface area contributed by atoms with Crippen molar-refractivity contribution in [1.29, 1.82) is 0 Å². The van der Waals surface area contributed by atoms with Gasteiger partial charge >= 0.3 is 0 Å². The minimum absolute atomic E-state index is 0.318. The molecule has 0 saturated carbocycles. The monoisotopic (exact) mass is 211 g/mol. The lowest BCUT2D eigenvalue weighted by Crippen LogP contribution is -2.41. The van der Waals surface area contributed by atoms with E-state index in [1.54, 1.807) is 6.26 Å². The Hall–Kier alpha value is -0.870. The third kappa shape index (κ3) is 1.58. The molecular formula is C11H17NO3. The quantitative estimate of drug-likeness (QED) is 0.716. The molecule has 0 unspecified atom stereocenters. The predicted molar refractivity (Wildman–Crippen MR) is 54.3 cm³/mol. The molecule has 1 aliphatic rings. The molecule has 0 radical (unpaired) electrons. The van der Waals surface area contributed by atoms with Crippen molar-refractivity contribution in [3.8, 4) is 0 Å². The van der Waals surface area contributed by atoms with Crippen LogP contribution in [0.5, 0.6) is 0 Å². The van der Waals surface area contributed by atoms with Crippen LogP contribution < -0.4 is 0 Å². The van der Waals surface area contributed by atoms with Gasteiger partial charge in [-0.1, -0.05) is 5.16 Å². The van der Waals surface area contributed by atoms with Crippen LogP contribution in [-0.2, 0) is 9.47 Å². The Morgan fingerprint density at radius 2 is 1.67 bits per heavy atom. The fourth-order valence-corrected chi connectivity index (χ4v) is 1.50. The van der Waals surface area contributed by atoms with E-state index in [0.717, 1.165) is 11.3 Å². The zero-order valence-corrected chi connectivity index (χ0v) is 9.83. The fourth-order valence-electron chi connectivity index (χ4n) is 1.50. The van der Waals surface area contributed by atoms with Crippen LogP contribution in [0.15, 0.2) is 10.8 Å². The molecule has 0 spiro atoms. The van der Waals surface area contributed by atoms with Crippen LogP contribution in [0.4, 0.5) is 0 Å². The Morgan fingerprint density at radius 3 is 2.07 bits per heavy atom. The van der Waals surface area contributed by atoms with Gasteiger partial charge in [-0.05, 0) is 34.6 Å². The first-order chi connectivity index (χ1) is 6.83. The Bertz CT molecular complexity index is 352. The van der Waals surface area contributed by atoms with Crippen molar-refractivity contribution in [3.63, 3.8) is 0 Å². The number of hydrogen-bond donors (Lipinski definition) is 0. The highest BCUT2D eigenvalue weighted by Gasteiger charge is 2.50. The number of hydrogen-bond acceptors (Lipinski definition) is 4. The SMILES string of the molecule is Cc1nocc1C1OC(C)(C)C(C)(C)O1. The number of aromatic nitrogens is 1. The van der Waals surface area contributed by atoms with E-state index in [-0.39, 0.29) is 17.5 Å². The molecule has 1 aromatic rings. The van der Waals surface area contributed by atoms with Crippen molar-refractivity contribution in [2.24, 2.45) is 0 Å². The average Bonchev–Trinajstić information content (AvgIpc) is 2.55. The zero-order chi connectivity index (χ0) is 11.3. The van der Waals surface area contributed by atoms with Gasteiger partial charge in [-0.3, -0.25) is 0 Å². The van der Waals surface area contributed by atoms with Crippen molar-refractivity contribution in [2.75, 3.05) is 0 Å². The second kappa shape index (κ2) is 3.06. The fraction of sp³-hybridized carbons (Fsp3) is 0.727. The number of ether oxygens (including phenoxy) is 2. The van der Waals surface area contributed by atoms with Gasteiger partial charge in [0.1, 0.15) is 6.26 Å². The molecule has 2 rings (SSSR count). The summed E-state index contributed by atoms with van der Waals surface area (Å²) >= 11 is 0. The van der Waals surface area contributed by atoms with Crippen LogP contribution >= 0.6 is 0 Å². The number of aryl methyl sites for hydroxylation is 1.